The molecule has 0 aliphatic rings. The van der Waals surface area contributed by atoms with Gasteiger partial charge in [-0.05, 0) is 48.5 Å². The molecule has 0 radical (unpaired) electrons. The van der Waals surface area contributed by atoms with Crippen LogP contribution in [0, 0.1) is 0 Å². The Bertz CT molecular complexity index is 257. The molecule has 1 aromatic rings. The fraction of sp³-hybridized carbons (Fsp3) is 0.600. The molecule has 1 rings (SSSR count). The van der Waals surface area contributed by atoms with Crippen molar-refractivity contribution in [2.24, 2.45) is 0 Å². The lowest BCUT2D eigenvalue weighted by Gasteiger charge is -2.23. The zero-order valence-electron chi connectivity index (χ0n) is 8.38. The molecule has 0 spiro atoms. The summed E-state index contributed by atoms with van der Waals surface area (Å²) in [7, 11) is 0. The first kappa shape index (κ1) is 11.2. The maximum absolute atomic E-state index is 3.48. The molecule has 0 unspecified atom stereocenters. The number of hydrogen-bond donors (Lipinski definition) is 0. The fourth-order valence-electron chi connectivity index (χ4n) is 1.30. The Morgan fingerprint density at radius 2 is 2.15 bits per heavy atom. The molecule has 0 saturated heterocycles. The normalized spacial score (nSPS) is 11.5. The van der Waals surface area contributed by atoms with Crippen LogP contribution in [0.3, 0.4) is 0 Å². The predicted molar refractivity (Wildman–Crippen MR) is 63.2 cm³/mol. The first-order valence-corrected chi connectivity index (χ1v) is 6.22. The van der Waals surface area contributed by atoms with Crippen LogP contribution in [0.5, 0.6) is 0 Å². The first-order chi connectivity index (χ1) is 6.13. The summed E-state index contributed by atoms with van der Waals surface area (Å²) in [6.45, 7) is 8.89. The summed E-state index contributed by atoms with van der Waals surface area (Å²) < 4.78 is 1.22. The maximum Gasteiger partial charge on any atom is 0.0701 e. The molecule has 0 aliphatic carbocycles. The summed E-state index contributed by atoms with van der Waals surface area (Å²) in [4.78, 5) is 3.89. The SMILES string of the molecule is CCN(Cc1ccc(Br)s1)C(C)C. The van der Waals surface area contributed by atoms with Crippen LogP contribution in [-0.2, 0) is 6.54 Å². The molecule has 1 heterocycles. The predicted octanol–water partition coefficient (Wildman–Crippen LogP) is 3.74. The summed E-state index contributed by atoms with van der Waals surface area (Å²) in [6, 6.07) is 4.94. The molecule has 3 heteroatoms. The van der Waals surface area contributed by atoms with E-state index in [0.717, 1.165) is 13.1 Å². The van der Waals surface area contributed by atoms with Gasteiger partial charge in [0.25, 0.3) is 0 Å². The van der Waals surface area contributed by atoms with Crippen molar-refractivity contribution in [3.05, 3.63) is 20.8 Å². The molecule has 1 aromatic heterocycles. The van der Waals surface area contributed by atoms with Crippen molar-refractivity contribution in [3.8, 4) is 0 Å². The minimum absolute atomic E-state index is 0.630. The molecule has 0 saturated carbocycles. The second-order valence-corrected chi connectivity index (χ2v) is 5.91. The summed E-state index contributed by atoms with van der Waals surface area (Å²) in [5.74, 6) is 0. The quantitative estimate of drug-likeness (QED) is 0.799. The second kappa shape index (κ2) is 5.13. The van der Waals surface area contributed by atoms with Gasteiger partial charge >= 0.3 is 0 Å². The highest BCUT2D eigenvalue weighted by Crippen LogP contribution is 2.23. The van der Waals surface area contributed by atoms with E-state index in [1.54, 1.807) is 0 Å². The van der Waals surface area contributed by atoms with E-state index in [1.807, 2.05) is 11.3 Å². The lowest BCUT2D eigenvalue weighted by Crippen LogP contribution is -2.29. The molecule has 0 N–H and O–H groups in total. The summed E-state index contributed by atoms with van der Waals surface area (Å²) in [5.41, 5.74) is 0. The van der Waals surface area contributed by atoms with Crippen LogP contribution in [0.1, 0.15) is 25.6 Å². The summed E-state index contributed by atoms with van der Waals surface area (Å²) >= 11 is 5.30. The van der Waals surface area contributed by atoms with Crippen LogP contribution in [0.25, 0.3) is 0 Å². The van der Waals surface area contributed by atoms with E-state index in [-0.39, 0.29) is 0 Å². The molecule has 0 aliphatic heterocycles. The van der Waals surface area contributed by atoms with Gasteiger partial charge in [0.05, 0.1) is 3.79 Å². The zero-order chi connectivity index (χ0) is 9.84. The Morgan fingerprint density at radius 1 is 1.46 bits per heavy atom. The van der Waals surface area contributed by atoms with E-state index in [9.17, 15) is 0 Å². The Labute approximate surface area is 92.9 Å². The third-order valence-corrected chi connectivity index (χ3v) is 3.73. The van der Waals surface area contributed by atoms with Crippen LogP contribution in [0.15, 0.2) is 15.9 Å². The van der Waals surface area contributed by atoms with Crippen molar-refractivity contribution in [2.45, 2.75) is 33.4 Å². The van der Waals surface area contributed by atoms with Gasteiger partial charge in [0.1, 0.15) is 0 Å². The Hall–Kier alpha value is 0.140. The molecule has 0 fully saturated rings. The third-order valence-electron chi connectivity index (χ3n) is 2.12. The van der Waals surface area contributed by atoms with Gasteiger partial charge in [0.15, 0.2) is 0 Å². The number of nitrogens with zero attached hydrogens (tertiary/aromatic N) is 1. The van der Waals surface area contributed by atoms with Gasteiger partial charge in [-0.25, -0.2) is 0 Å². The first-order valence-electron chi connectivity index (χ1n) is 4.61. The summed E-state index contributed by atoms with van der Waals surface area (Å²) in [5, 5.41) is 0. The molecule has 13 heavy (non-hydrogen) atoms. The zero-order valence-corrected chi connectivity index (χ0v) is 10.8. The van der Waals surface area contributed by atoms with Gasteiger partial charge in [-0.15, -0.1) is 11.3 Å². The highest BCUT2D eigenvalue weighted by Gasteiger charge is 2.08. The van der Waals surface area contributed by atoms with Gasteiger partial charge in [-0.3, -0.25) is 4.90 Å². The van der Waals surface area contributed by atoms with E-state index < -0.39 is 0 Å². The number of rotatable bonds is 4. The summed E-state index contributed by atoms with van der Waals surface area (Å²) in [6.07, 6.45) is 0. The third kappa shape index (κ3) is 3.41. The molecule has 0 bridgehead atoms. The maximum atomic E-state index is 3.48. The molecular formula is C10H16BrNS. The lowest BCUT2D eigenvalue weighted by atomic mass is 10.3. The molecular weight excluding hydrogens is 246 g/mol. The van der Waals surface area contributed by atoms with E-state index in [4.69, 9.17) is 0 Å². The van der Waals surface area contributed by atoms with E-state index >= 15 is 0 Å². The lowest BCUT2D eigenvalue weighted by molar-refractivity contribution is 0.227. The Balaban J connectivity index is 2.56. The van der Waals surface area contributed by atoms with Crippen molar-refractivity contribution in [1.82, 2.24) is 4.90 Å². The van der Waals surface area contributed by atoms with E-state index in [2.05, 4.69) is 53.7 Å². The van der Waals surface area contributed by atoms with Gasteiger partial charge in [-0.2, -0.15) is 0 Å². The monoisotopic (exact) mass is 261 g/mol. The van der Waals surface area contributed by atoms with Crippen LogP contribution in [-0.4, -0.2) is 17.5 Å². The average Bonchev–Trinajstić information content (AvgIpc) is 2.46. The van der Waals surface area contributed by atoms with Crippen molar-refractivity contribution in [1.29, 1.82) is 0 Å². The van der Waals surface area contributed by atoms with Crippen LogP contribution < -0.4 is 0 Å². The van der Waals surface area contributed by atoms with Crippen LogP contribution in [0.2, 0.25) is 0 Å². The average molecular weight is 262 g/mol. The van der Waals surface area contributed by atoms with Gasteiger partial charge in [0, 0.05) is 17.5 Å². The minimum Gasteiger partial charge on any atom is -0.296 e. The van der Waals surface area contributed by atoms with Crippen molar-refractivity contribution in [3.63, 3.8) is 0 Å². The van der Waals surface area contributed by atoms with Crippen LogP contribution in [0.4, 0.5) is 0 Å². The van der Waals surface area contributed by atoms with Gasteiger partial charge in [0.2, 0.25) is 0 Å². The van der Waals surface area contributed by atoms with Gasteiger partial charge < -0.3 is 0 Å². The number of thiophene rings is 1. The highest BCUT2D eigenvalue weighted by atomic mass is 79.9. The number of halogens is 1. The molecule has 0 amide bonds. The smallest absolute Gasteiger partial charge is 0.0701 e. The van der Waals surface area contributed by atoms with Crippen molar-refractivity contribution < 1.29 is 0 Å². The van der Waals surface area contributed by atoms with Crippen molar-refractivity contribution in [2.75, 3.05) is 6.54 Å². The van der Waals surface area contributed by atoms with Crippen LogP contribution >= 0.6 is 27.3 Å². The Kier molecular flexibility index (Phi) is 4.42. The molecule has 74 valence electrons. The molecule has 0 aromatic carbocycles. The number of hydrogen-bond acceptors (Lipinski definition) is 2. The van der Waals surface area contributed by atoms with Gasteiger partial charge in [-0.1, -0.05) is 6.92 Å². The van der Waals surface area contributed by atoms with E-state index in [1.165, 1.54) is 8.66 Å². The Morgan fingerprint density at radius 3 is 2.54 bits per heavy atom. The highest BCUT2D eigenvalue weighted by molar-refractivity contribution is 9.11. The minimum atomic E-state index is 0.630. The molecule has 1 nitrogen and oxygen atoms in total. The largest absolute Gasteiger partial charge is 0.296 e. The fourth-order valence-corrected chi connectivity index (χ4v) is 2.81. The topological polar surface area (TPSA) is 3.24 Å². The second-order valence-electron chi connectivity index (χ2n) is 3.36. The van der Waals surface area contributed by atoms with E-state index in [0.29, 0.717) is 6.04 Å². The van der Waals surface area contributed by atoms with Crippen molar-refractivity contribution >= 4 is 27.3 Å². The molecule has 0 atom stereocenters. The standard InChI is InChI=1S/C10H16BrNS/c1-4-12(8(2)3)7-9-5-6-10(11)13-9/h5-6,8H,4,7H2,1-3H3.